The molecule has 2 aromatic carbocycles. The average molecular weight is 432 g/mol. The molecule has 5 nitrogen and oxygen atoms in total. The van der Waals surface area contributed by atoms with Crippen LogP contribution in [0.1, 0.15) is 31.2 Å². The fourth-order valence-corrected chi connectivity index (χ4v) is 3.86. The maximum absolute atomic E-state index is 12.9. The monoisotopic (exact) mass is 431 g/mol. The lowest BCUT2D eigenvalue weighted by atomic mass is 10.0. The number of halogens is 1. The van der Waals surface area contributed by atoms with E-state index in [1.54, 1.807) is 12.1 Å². The van der Waals surface area contributed by atoms with Gasteiger partial charge in [-0.1, -0.05) is 18.2 Å². The number of hydrogen-bond acceptors (Lipinski definition) is 4. The van der Waals surface area contributed by atoms with Crippen molar-refractivity contribution in [3.63, 3.8) is 0 Å². The second-order valence-electron chi connectivity index (χ2n) is 7.54. The summed E-state index contributed by atoms with van der Waals surface area (Å²) in [6, 6.07) is 14.1. The van der Waals surface area contributed by atoms with Crippen LogP contribution in [0.15, 0.2) is 48.5 Å². The number of anilines is 1. The minimum atomic E-state index is -0.244. The number of benzene rings is 2. The SMILES string of the molecule is OCc1ccccc1NC(=S)NC1CCN(CCCCOc2ccc(F)cc2)CC1. The van der Waals surface area contributed by atoms with Gasteiger partial charge in [-0.25, -0.2) is 4.39 Å². The number of nitrogens with zero attached hydrogens (tertiary/aromatic N) is 1. The van der Waals surface area contributed by atoms with Crippen LogP contribution >= 0.6 is 12.2 Å². The lowest BCUT2D eigenvalue weighted by molar-refractivity contribution is 0.197. The predicted octanol–water partition coefficient (Wildman–Crippen LogP) is 3.93. The zero-order chi connectivity index (χ0) is 21.2. The molecule has 0 radical (unpaired) electrons. The van der Waals surface area contributed by atoms with Crippen LogP contribution < -0.4 is 15.4 Å². The van der Waals surface area contributed by atoms with Crippen molar-refractivity contribution in [3.8, 4) is 5.75 Å². The molecule has 1 aliphatic heterocycles. The molecule has 1 heterocycles. The smallest absolute Gasteiger partial charge is 0.171 e. The van der Waals surface area contributed by atoms with E-state index in [1.165, 1.54) is 12.1 Å². The molecule has 3 N–H and O–H groups in total. The Morgan fingerprint density at radius 1 is 1.10 bits per heavy atom. The summed E-state index contributed by atoms with van der Waals surface area (Å²) in [4.78, 5) is 2.48. The average Bonchev–Trinajstić information content (AvgIpc) is 2.76. The summed E-state index contributed by atoms with van der Waals surface area (Å²) < 4.78 is 18.5. The summed E-state index contributed by atoms with van der Waals surface area (Å²) in [6.07, 6.45) is 4.16. The van der Waals surface area contributed by atoms with Crippen molar-refractivity contribution in [1.29, 1.82) is 0 Å². The molecule has 0 aromatic heterocycles. The fourth-order valence-electron chi connectivity index (χ4n) is 3.58. The second-order valence-corrected chi connectivity index (χ2v) is 7.95. The Labute approximate surface area is 183 Å². The van der Waals surface area contributed by atoms with Gasteiger partial charge < -0.3 is 25.4 Å². The van der Waals surface area contributed by atoms with E-state index in [9.17, 15) is 9.50 Å². The topological polar surface area (TPSA) is 56.8 Å². The first-order chi connectivity index (χ1) is 14.6. The largest absolute Gasteiger partial charge is 0.494 e. The molecule has 30 heavy (non-hydrogen) atoms. The van der Waals surface area contributed by atoms with Crippen molar-refractivity contribution >= 4 is 23.0 Å². The first kappa shape index (κ1) is 22.5. The number of aliphatic hydroxyl groups is 1. The van der Waals surface area contributed by atoms with E-state index in [2.05, 4.69) is 15.5 Å². The zero-order valence-electron chi connectivity index (χ0n) is 17.1. The summed E-state index contributed by atoms with van der Waals surface area (Å²) in [6.45, 7) is 3.79. The standard InChI is InChI=1S/C23H30FN3O2S/c24-19-7-9-21(10-8-19)29-16-4-3-13-27-14-11-20(12-15-27)25-23(30)26-22-6-2-1-5-18(22)17-28/h1-2,5-10,20,28H,3-4,11-17H2,(H2,25,26,30). The summed E-state index contributed by atoms with van der Waals surface area (Å²) in [7, 11) is 0. The molecule has 2 aromatic rings. The molecule has 0 bridgehead atoms. The predicted molar refractivity (Wildman–Crippen MR) is 122 cm³/mol. The van der Waals surface area contributed by atoms with Gasteiger partial charge in [0, 0.05) is 30.4 Å². The molecule has 0 spiro atoms. The quantitative estimate of drug-likeness (QED) is 0.413. The molecular formula is C23H30FN3O2S. The Morgan fingerprint density at radius 3 is 2.57 bits per heavy atom. The highest BCUT2D eigenvalue weighted by Crippen LogP contribution is 2.16. The third-order valence-corrected chi connectivity index (χ3v) is 5.53. The Morgan fingerprint density at radius 2 is 1.83 bits per heavy atom. The van der Waals surface area contributed by atoms with Gasteiger partial charge in [-0.2, -0.15) is 0 Å². The summed E-state index contributed by atoms with van der Waals surface area (Å²) in [5.74, 6) is 0.473. The summed E-state index contributed by atoms with van der Waals surface area (Å²) in [5.41, 5.74) is 1.68. The van der Waals surface area contributed by atoms with Gasteiger partial charge in [-0.05, 0) is 74.8 Å². The number of thiocarbonyl (C=S) groups is 1. The number of ether oxygens (including phenoxy) is 1. The highest BCUT2D eigenvalue weighted by atomic mass is 32.1. The number of hydrogen-bond donors (Lipinski definition) is 3. The van der Waals surface area contributed by atoms with Gasteiger partial charge in [0.15, 0.2) is 5.11 Å². The second kappa shape index (κ2) is 11.8. The highest BCUT2D eigenvalue weighted by molar-refractivity contribution is 7.80. The van der Waals surface area contributed by atoms with E-state index in [1.807, 2.05) is 24.3 Å². The molecule has 0 saturated carbocycles. The Hall–Kier alpha value is -2.22. The van der Waals surface area contributed by atoms with Crippen molar-refractivity contribution in [1.82, 2.24) is 10.2 Å². The maximum Gasteiger partial charge on any atom is 0.171 e. The maximum atomic E-state index is 12.9. The van der Waals surface area contributed by atoms with Crippen molar-refractivity contribution < 1.29 is 14.2 Å². The number of unbranched alkanes of at least 4 members (excludes halogenated alkanes) is 1. The highest BCUT2D eigenvalue weighted by Gasteiger charge is 2.19. The lowest BCUT2D eigenvalue weighted by Crippen LogP contribution is -2.46. The van der Waals surface area contributed by atoms with Crippen LogP contribution in [0.25, 0.3) is 0 Å². The van der Waals surface area contributed by atoms with Crippen LogP contribution in [0.2, 0.25) is 0 Å². The number of rotatable bonds is 9. The summed E-state index contributed by atoms with van der Waals surface area (Å²) >= 11 is 5.45. The van der Waals surface area contributed by atoms with Crippen LogP contribution in [-0.4, -0.2) is 47.4 Å². The van der Waals surface area contributed by atoms with Gasteiger partial charge in [0.25, 0.3) is 0 Å². The van der Waals surface area contributed by atoms with Gasteiger partial charge in [-0.3, -0.25) is 0 Å². The van der Waals surface area contributed by atoms with Crippen molar-refractivity contribution in [2.45, 2.75) is 38.3 Å². The van der Waals surface area contributed by atoms with E-state index in [-0.39, 0.29) is 12.4 Å². The Balaban J connectivity index is 1.28. The Kier molecular flexibility index (Phi) is 8.86. The van der Waals surface area contributed by atoms with Gasteiger partial charge in [0.05, 0.1) is 13.2 Å². The first-order valence-corrected chi connectivity index (χ1v) is 10.9. The molecule has 0 unspecified atom stereocenters. The van der Waals surface area contributed by atoms with E-state index >= 15 is 0 Å². The molecule has 0 aliphatic carbocycles. The minimum absolute atomic E-state index is 0.0148. The fraction of sp³-hybridized carbons (Fsp3) is 0.435. The van der Waals surface area contributed by atoms with E-state index in [0.717, 1.165) is 62.3 Å². The molecule has 162 valence electrons. The number of nitrogens with one attached hydrogen (secondary N) is 2. The van der Waals surface area contributed by atoms with Crippen LogP contribution in [0.5, 0.6) is 5.75 Å². The molecule has 1 aliphatic rings. The van der Waals surface area contributed by atoms with Crippen molar-refractivity contribution in [2.75, 3.05) is 31.6 Å². The minimum Gasteiger partial charge on any atom is -0.494 e. The molecule has 0 amide bonds. The van der Waals surface area contributed by atoms with Crippen LogP contribution in [-0.2, 0) is 6.61 Å². The zero-order valence-corrected chi connectivity index (χ0v) is 18.0. The Bertz CT molecular complexity index is 795. The van der Waals surface area contributed by atoms with Crippen molar-refractivity contribution in [2.24, 2.45) is 0 Å². The van der Waals surface area contributed by atoms with Gasteiger partial charge in [0.1, 0.15) is 11.6 Å². The third kappa shape index (κ3) is 7.23. The van der Waals surface area contributed by atoms with Crippen molar-refractivity contribution in [3.05, 3.63) is 59.9 Å². The first-order valence-electron chi connectivity index (χ1n) is 10.5. The molecule has 1 fully saturated rings. The molecule has 7 heteroatoms. The van der Waals surface area contributed by atoms with Crippen LogP contribution in [0.4, 0.5) is 10.1 Å². The third-order valence-electron chi connectivity index (χ3n) is 5.31. The molecule has 3 rings (SSSR count). The number of para-hydroxylation sites is 1. The van der Waals surface area contributed by atoms with Crippen LogP contribution in [0.3, 0.4) is 0 Å². The summed E-state index contributed by atoms with van der Waals surface area (Å²) in [5, 5.41) is 16.6. The normalized spacial score (nSPS) is 15.0. The van der Waals surface area contributed by atoms with Gasteiger partial charge >= 0.3 is 0 Å². The van der Waals surface area contributed by atoms with E-state index in [4.69, 9.17) is 17.0 Å². The number of piperidine rings is 1. The number of aliphatic hydroxyl groups excluding tert-OH is 1. The molecule has 0 atom stereocenters. The van der Waals surface area contributed by atoms with E-state index < -0.39 is 0 Å². The van der Waals surface area contributed by atoms with Gasteiger partial charge in [-0.15, -0.1) is 0 Å². The lowest BCUT2D eigenvalue weighted by Gasteiger charge is -2.33. The molecule has 1 saturated heterocycles. The van der Waals surface area contributed by atoms with Crippen LogP contribution in [0, 0.1) is 5.82 Å². The van der Waals surface area contributed by atoms with E-state index in [0.29, 0.717) is 17.8 Å². The molecular weight excluding hydrogens is 401 g/mol. The van der Waals surface area contributed by atoms with Gasteiger partial charge in [0.2, 0.25) is 0 Å². The number of likely N-dealkylation sites (tertiary alicyclic amines) is 1.